The molecule has 0 fully saturated rings. The van der Waals surface area contributed by atoms with Gasteiger partial charge in [-0.15, -0.1) is 5.10 Å². The fraction of sp³-hybridized carbons (Fsp3) is 0.353. The van der Waals surface area contributed by atoms with E-state index in [-0.39, 0.29) is 5.91 Å². The van der Waals surface area contributed by atoms with Crippen LogP contribution in [0, 0.1) is 0 Å². The summed E-state index contributed by atoms with van der Waals surface area (Å²) < 4.78 is 5.72. The summed E-state index contributed by atoms with van der Waals surface area (Å²) in [6.45, 7) is 3.31. The highest BCUT2D eigenvalue weighted by molar-refractivity contribution is 5.91. The first-order valence-corrected chi connectivity index (χ1v) is 7.45. The van der Waals surface area contributed by atoms with E-state index < -0.39 is 0 Å². The molecule has 0 aliphatic heterocycles. The van der Waals surface area contributed by atoms with Gasteiger partial charge in [-0.3, -0.25) is 4.79 Å². The van der Waals surface area contributed by atoms with Gasteiger partial charge >= 0.3 is 0 Å². The molecule has 1 aromatic carbocycles. The number of amides is 1. The first kappa shape index (κ1) is 15.9. The van der Waals surface area contributed by atoms with Crippen molar-refractivity contribution in [3.63, 3.8) is 0 Å². The summed E-state index contributed by atoms with van der Waals surface area (Å²) in [6, 6.07) is 11.5. The minimum absolute atomic E-state index is 0.124. The van der Waals surface area contributed by atoms with Gasteiger partial charge in [-0.2, -0.15) is 5.10 Å². The Morgan fingerprint density at radius 1 is 1.27 bits per heavy atom. The van der Waals surface area contributed by atoms with Crippen molar-refractivity contribution >= 4 is 5.91 Å². The zero-order valence-electron chi connectivity index (χ0n) is 13.0. The van der Waals surface area contributed by atoms with Gasteiger partial charge in [0.1, 0.15) is 5.75 Å². The van der Waals surface area contributed by atoms with Crippen LogP contribution in [0.5, 0.6) is 5.75 Å². The topological polar surface area (TPSA) is 55.3 Å². The van der Waals surface area contributed by atoms with Gasteiger partial charge in [0, 0.05) is 19.8 Å². The van der Waals surface area contributed by atoms with Crippen LogP contribution in [0.15, 0.2) is 42.6 Å². The van der Waals surface area contributed by atoms with E-state index in [2.05, 4.69) is 29.3 Å². The summed E-state index contributed by atoms with van der Waals surface area (Å²) in [5.41, 5.74) is 1.62. The largest absolute Gasteiger partial charge is 0.494 e. The van der Waals surface area contributed by atoms with E-state index in [9.17, 15) is 4.79 Å². The van der Waals surface area contributed by atoms with Crippen LogP contribution in [0.25, 0.3) is 0 Å². The molecule has 0 unspecified atom stereocenters. The Morgan fingerprint density at radius 3 is 2.86 bits per heavy atom. The van der Waals surface area contributed by atoms with Crippen molar-refractivity contribution in [2.45, 2.75) is 19.8 Å². The minimum atomic E-state index is -0.124. The average molecular weight is 299 g/mol. The van der Waals surface area contributed by atoms with Crippen molar-refractivity contribution in [2.24, 2.45) is 0 Å². The maximum atomic E-state index is 12.1. The average Bonchev–Trinajstić information content (AvgIpc) is 2.58. The second kappa shape index (κ2) is 8.12. The normalized spacial score (nSPS) is 10.3. The SMILES string of the molecule is CCc1cccc(OCCCN(C)C(=O)c2cccnn2)c1. The van der Waals surface area contributed by atoms with Crippen molar-refractivity contribution in [1.29, 1.82) is 0 Å². The molecule has 5 nitrogen and oxygen atoms in total. The van der Waals surface area contributed by atoms with E-state index >= 15 is 0 Å². The monoisotopic (exact) mass is 299 g/mol. The third-order valence-corrected chi connectivity index (χ3v) is 3.35. The highest BCUT2D eigenvalue weighted by Crippen LogP contribution is 2.13. The lowest BCUT2D eigenvalue weighted by atomic mass is 10.2. The van der Waals surface area contributed by atoms with Gasteiger partial charge < -0.3 is 9.64 Å². The van der Waals surface area contributed by atoms with Gasteiger partial charge in [0.2, 0.25) is 0 Å². The summed E-state index contributed by atoms with van der Waals surface area (Å²) in [5, 5.41) is 7.54. The van der Waals surface area contributed by atoms with Gasteiger partial charge in [-0.05, 0) is 42.7 Å². The Bertz CT molecular complexity index is 602. The minimum Gasteiger partial charge on any atom is -0.494 e. The molecule has 0 saturated carbocycles. The molecule has 0 bridgehead atoms. The Labute approximate surface area is 130 Å². The van der Waals surface area contributed by atoms with Crippen molar-refractivity contribution in [2.75, 3.05) is 20.2 Å². The number of hydrogen-bond acceptors (Lipinski definition) is 4. The molecule has 0 aliphatic carbocycles. The van der Waals surface area contributed by atoms with Gasteiger partial charge in [0.15, 0.2) is 5.69 Å². The number of aromatic nitrogens is 2. The predicted octanol–water partition coefficient (Wildman–Crippen LogP) is 2.58. The van der Waals surface area contributed by atoms with Gasteiger partial charge in [-0.1, -0.05) is 19.1 Å². The van der Waals surface area contributed by atoms with E-state index in [1.807, 2.05) is 12.1 Å². The fourth-order valence-electron chi connectivity index (χ4n) is 2.06. The zero-order chi connectivity index (χ0) is 15.8. The number of carbonyl (C=O) groups excluding carboxylic acids is 1. The van der Waals surface area contributed by atoms with E-state index in [0.29, 0.717) is 18.8 Å². The molecule has 0 radical (unpaired) electrons. The lowest BCUT2D eigenvalue weighted by Gasteiger charge is -2.16. The lowest BCUT2D eigenvalue weighted by Crippen LogP contribution is -2.29. The maximum absolute atomic E-state index is 12.1. The number of rotatable bonds is 7. The summed E-state index contributed by atoms with van der Waals surface area (Å²) in [5.74, 6) is 0.753. The Hall–Kier alpha value is -2.43. The van der Waals surface area contributed by atoms with Crippen LogP contribution >= 0.6 is 0 Å². The molecule has 0 aliphatic rings. The van der Waals surface area contributed by atoms with Crippen molar-refractivity contribution in [3.8, 4) is 5.75 Å². The molecule has 0 atom stereocenters. The highest BCUT2D eigenvalue weighted by Gasteiger charge is 2.12. The summed E-state index contributed by atoms with van der Waals surface area (Å²) in [6.07, 6.45) is 3.31. The lowest BCUT2D eigenvalue weighted by molar-refractivity contribution is 0.0781. The molecule has 0 saturated heterocycles. The van der Waals surface area contributed by atoms with Gasteiger partial charge in [0.05, 0.1) is 6.61 Å². The zero-order valence-corrected chi connectivity index (χ0v) is 13.0. The molecule has 22 heavy (non-hydrogen) atoms. The molecule has 2 rings (SSSR count). The second-order valence-electron chi connectivity index (χ2n) is 5.04. The van der Waals surface area contributed by atoms with Crippen LogP contribution in [0.2, 0.25) is 0 Å². The van der Waals surface area contributed by atoms with Crippen LogP contribution in [-0.2, 0) is 6.42 Å². The van der Waals surface area contributed by atoms with Crippen LogP contribution < -0.4 is 4.74 Å². The Kier molecular flexibility index (Phi) is 5.89. The van der Waals surface area contributed by atoms with E-state index in [1.54, 1.807) is 30.3 Å². The number of benzene rings is 1. The molecular formula is C17H21N3O2. The standard InChI is InChI=1S/C17H21N3O2/c1-3-14-7-4-8-15(13-14)22-12-6-11-20(2)17(21)16-9-5-10-18-19-16/h4-5,7-10,13H,3,6,11-12H2,1-2H3. The third-order valence-electron chi connectivity index (χ3n) is 3.35. The Balaban J connectivity index is 1.75. The molecule has 2 aromatic rings. The van der Waals surface area contributed by atoms with E-state index in [0.717, 1.165) is 18.6 Å². The second-order valence-corrected chi connectivity index (χ2v) is 5.04. The van der Waals surface area contributed by atoms with Gasteiger partial charge in [-0.25, -0.2) is 0 Å². The van der Waals surface area contributed by atoms with Crippen LogP contribution in [-0.4, -0.2) is 41.2 Å². The summed E-state index contributed by atoms with van der Waals surface area (Å²) in [4.78, 5) is 13.7. The molecule has 1 amide bonds. The maximum Gasteiger partial charge on any atom is 0.274 e. The molecule has 5 heteroatoms. The number of nitrogens with zero attached hydrogens (tertiary/aromatic N) is 3. The quantitative estimate of drug-likeness (QED) is 0.737. The summed E-state index contributed by atoms with van der Waals surface area (Å²) >= 11 is 0. The van der Waals surface area contributed by atoms with Gasteiger partial charge in [0.25, 0.3) is 5.91 Å². The number of hydrogen-bond donors (Lipinski definition) is 0. The molecule has 1 heterocycles. The first-order valence-electron chi connectivity index (χ1n) is 7.45. The van der Waals surface area contributed by atoms with Crippen LogP contribution in [0.1, 0.15) is 29.4 Å². The predicted molar refractivity (Wildman–Crippen MR) is 84.9 cm³/mol. The third kappa shape index (κ3) is 4.55. The van der Waals surface area contributed by atoms with Crippen LogP contribution in [0.4, 0.5) is 0 Å². The van der Waals surface area contributed by atoms with Crippen molar-refractivity contribution in [1.82, 2.24) is 15.1 Å². The number of ether oxygens (including phenoxy) is 1. The number of aryl methyl sites for hydroxylation is 1. The molecule has 116 valence electrons. The Morgan fingerprint density at radius 2 is 2.14 bits per heavy atom. The van der Waals surface area contributed by atoms with E-state index in [1.165, 1.54) is 5.56 Å². The summed E-state index contributed by atoms with van der Waals surface area (Å²) in [7, 11) is 1.76. The number of carbonyl (C=O) groups is 1. The smallest absolute Gasteiger partial charge is 0.274 e. The molecule has 1 aromatic heterocycles. The highest BCUT2D eigenvalue weighted by atomic mass is 16.5. The van der Waals surface area contributed by atoms with Crippen molar-refractivity contribution < 1.29 is 9.53 Å². The first-order chi connectivity index (χ1) is 10.7. The van der Waals surface area contributed by atoms with E-state index in [4.69, 9.17) is 4.74 Å². The molecule has 0 N–H and O–H groups in total. The molecular weight excluding hydrogens is 278 g/mol. The van der Waals surface area contributed by atoms with Crippen molar-refractivity contribution in [3.05, 3.63) is 53.9 Å². The molecule has 0 spiro atoms. The van der Waals surface area contributed by atoms with Crippen LogP contribution in [0.3, 0.4) is 0 Å². The fourth-order valence-corrected chi connectivity index (χ4v) is 2.06.